The average molecular weight is 191 g/mol. The molecule has 1 aromatic rings. The van der Waals surface area contributed by atoms with Gasteiger partial charge in [-0.05, 0) is 38.5 Å². The number of nitrogens with two attached hydrogens (primary N) is 1. The Hall–Kier alpha value is -0.990. The first-order valence-electron chi connectivity index (χ1n) is 5.60. The monoisotopic (exact) mass is 191 g/mol. The van der Waals surface area contributed by atoms with Crippen LogP contribution in [0.15, 0.2) is 6.20 Å². The predicted molar refractivity (Wildman–Crippen MR) is 56.0 cm³/mol. The van der Waals surface area contributed by atoms with Gasteiger partial charge in [-0.2, -0.15) is 5.10 Å². The molecule has 1 atom stereocenters. The van der Waals surface area contributed by atoms with Gasteiger partial charge in [0.2, 0.25) is 0 Å². The Morgan fingerprint density at radius 1 is 1.43 bits per heavy atom. The summed E-state index contributed by atoms with van der Waals surface area (Å²) in [6.45, 7) is 2.27. The van der Waals surface area contributed by atoms with Gasteiger partial charge < -0.3 is 5.73 Å². The second kappa shape index (κ2) is 2.75. The molecule has 76 valence electrons. The lowest BCUT2D eigenvalue weighted by Gasteiger charge is -2.14. The third kappa shape index (κ3) is 1.22. The molecule has 1 heterocycles. The molecule has 1 unspecified atom stereocenters. The minimum Gasteiger partial charge on any atom is -0.396 e. The van der Waals surface area contributed by atoms with E-state index in [-0.39, 0.29) is 0 Å². The summed E-state index contributed by atoms with van der Waals surface area (Å²) < 4.78 is 2.19. The Morgan fingerprint density at radius 3 is 2.71 bits per heavy atom. The fourth-order valence-electron chi connectivity index (χ4n) is 2.27. The lowest BCUT2D eigenvalue weighted by atomic mass is 10.2. The van der Waals surface area contributed by atoms with Gasteiger partial charge in [0.1, 0.15) is 0 Å². The minimum atomic E-state index is 0.558. The molecule has 0 spiro atoms. The van der Waals surface area contributed by atoms with E-state index in [4.69, 9.17) is 5.73 Å². The van der Waals surface area contributed by atoms with Crippen LogP contribution in [-0.4, -0.2) is 9.78 Å². The fraction of sp³-hybridized carbons (Fsp3) is 0.727. The molecule has 14 heavy (non-hydrogen) atoms. The number of rotatable bonds is 3. The van der Waals surface area contributed by atoms with Crippen molar-refractivity contribution in [2.45, 2.75) is 44.6 Å². The number of aromatic nitrogens is 2. The van der Waals surface area contributed by atoms with Gasteiger partial charge in [-0.25, -0.2) is 0 Å². The normalized spacial score (nSPS) is 23.8. The van der Waals surface area contributed by atoms with Crippen molar-refractivity contribution in [3.63, 3.8) is 0 Å². The van der Waals surface area contributed by atoms with Gasteiger partial charge in [0.15, 0.2) is 0 Å². The molecule has 0 aromatic carbocycles. The first-order valence-corrected chi connectivity index (χ1v) is 5.60. The van der Waals surface area contributed by atoms with Crippen LogP contribution >= 0.6 is 0 Å². The van der Waals surface area contributed by atoms with Crippen molar-refractivity contribution in [2.75, 3.05) is 5.73 Å². The third-order valence-electron chi connectivity index (χ3n) is 3.52. The van der Waals surface area contributed by atoms with E-state index >= 15 is 0 Å². The van der Waals surface area contributed by atoms with Crippen LogP contribution in [-0.2, 0) is 0 Å². The molecule has 2 aliphatic rings. The van der Waals surface area contributed by atoms with Crippen molar-refractivity contribution in [3.05, 3.63) is 11.9 Å². The zero-order valence-electron chi connectivity index (χ0n) is 8.61. The first kappa shape index (κ1) is 8.33. The van der Waals surface area contributed by atoms with Crippen molar-refractivity contribution in [1.82, 2.24) is 9.78 Å². The molecule has 1 aromatic heterocycles. The molecule has 0 aliphatic heterocycles. The molecule has 2 aliphatic carbocycles. The molecular weight excluding hydrogens is 174 g/mol. The lowest BCUT2D eigenvalue weighted by molar-refractivity contribution is 0.426. The van der Waals surface area contributed by atoms with Crippen LogP contribution < -0.4 is 5.73 Å². The summed E-state index contributed by atoms with van der Waals surface area (Å²) in [4.78, 5) is 0. The molecule has 0 saturated heterocycles. The van der Waals surface area contributed by atoms with Crippen molar-refractivity contribution >= 4 is 5.69 Å². The highest BCUT2D eigenvalue weighted by Gasteiger charge is 2.35. The van der Waals surface area contributed by atoms with E-state index in [1.54, 1.807) is 0 Å². The second-order valence-corrected chi connectivity index (χ2v) is 4.78. The maximum absolute atomic E-state index is 5.96. The molecular formula is C11H17N3. The SMILES string of the molecule is CC(C1CC1)n1ncc(N)c1C1CC1. The summed E-state index contributed by atoms with van der Waals surface area (Å²) in [5.74, 6) is 1.56. The van der Waals surface area contributed by atoms with Crippen LogP contribution in [0.25, 0.3) is 0 Å². The van der Waals surface area contributed by atoms with Crippen LogP contribution in [0.1, 0.15) is 50.3 Å². The zero-order valence-corrected chi connectivity index (χ0v) is 8.61. The summed E-state index contributed by atoms with van der Waals surface area (Å²) >= 11 is 0. The second-order valence-electron chi connectivity index (χ2n) is 4.78. The highest BCUT2D eigenvalue weighted by Crippen LogP contribution is 2.46. The summed E-state index contributed by atoms with van der Waals surface area (Å²) in [6.07, 6.45) is 7.16. The zero-order chi connectivity index (χ0) is 9.71. The Morgan fingerprint density at radius 2 is 2.14 bits per heavy atom. The smallest absolute Gasteiger partial charge is 0.0736 e. The highest BCUT2D eigenvalue weighted by molar-refractivity contribution is 5.45. The van der Waals surface area contributed by atoms with Crippen LogP contribution in [0.5, 0.6) is 0 Å². The van der Waals surface area contributed by atoms with E-state index in [2.05, 4.69) is 16.7 Å². The van der Waals surface area contributed by atoms with Crippen LogP contribution in [0, 0.1) is 5.92 Å². The maximum atomic E-state index is 5.96. The largest absolute Gasteiger partial charge is 0.396 e. The van der Waals surface area contributed by atoms with Crippen LogP contribution in [0.2, 0.25) is 0 Å². The Balaban J connectivity index is 1.94. The maximum Gasteiger partial charge on any atom is 0.0736 e. The summed E-state index contributed by atoms with van der Waals surface area (Å²) in [5, 5.41) is 4.43. The Kier molecular flexibility index (Phi) is 1.64. The van der Waals surface area contributed by atoms with Crippen LogP contribution in [0.3, 0.4) is 0 Å². The van der Waals surface area contributed by atoms with Gasteiger partial charge >= 0.3 is 0 Å². The number of nitrogen functional groups attached to an aromatic ring is 1. The van der Waals surface area contributed by atoms with Gasteiger partial charge in [-0.15, -0.1) is 0 Å². The van der Waals surface area contributed by atoms with Crippen molar-refractivity contribution in [3.8, 4) is 0 Å². The quantitative estimate of drug-likeness (QED) is 0.796. The number of hydrogen-bond donors (Lipinski definition) is 1. The molecule has 3 rings (SSSR count). The molecule has 0 amide bonds. The Bertz CT molecular complexity index is 347. The van der Waals surface area contributed by atoms with E-state index in [0.29, 0.717) is 12.0 Å². The van der Waals surface area contributed by atoms with Crippen molar-refractivity contribution in [2.24, 2.45) is 5.92 Å². The predicted octanol–water partition coefficient (Wildman–Crippen LogP) is 2.31. The fourth-order valence-corrected chi connectivity index (χ4v) is 2.27. The van der Waals surface area contributed by atoms with E-state index in [0.717, 1.165) is 11.6 Å². The van der Waals surface area contributed by atoms with E-state index < -0.39 is 0 Å². The minimum absolute atomic E-state index is 0.558. The summed E-state index contributed by atoms with van der Waals surface area (Å²) in [7, 11) is 0. The summed E-state index contributed by atoms with van der Waals surface area (Å²) in [5.41, 5.74) is 8.17. The van der Waals surface area contributed by atoms with Gasteiger partial charge in [0, 0.05) is 5.92 Å². The van der Waals surface area contributed by atoms with Gasteiger partial charge in [0.05, 0.1) is 23.6 Å². The molecule has 0 bridgehead atoms. The first-order chi connectivity index (χ1) is 6.77. The van der Waals surface area contributed by atoms with Gasteiger partial charge in [0.25, 0.3) is 0 Å². The molecule has 3 heteroatoms. The lowest BCUT2D eigenvalue weighted by Crippen LogP contribution is -2.12. The summed E-state index contributed by atoms with van der Waals surface area (Å²) in [6, 6.07) is 0.558. The topological polar surface area (TPSA) is 43.8 Å². The third-order valence-corrected chi connectivity index (χ3v) is 3.52. The molecule has 2 saturated carbocycles. The van der Waals surface area contributed by atoms with Crippen molar-refractivity contribution < 1.29 is 0 Å². The van der Waals surface area contributed by atoms with E-state index in [1.807, 2.05) is 6.20 Å². The molecule has 2 N–H and O–H groups in total. The van der Waals surface area contributed by atoms with E-state index in [1.165, 1.54) is 31.4 Å². The number of nitrogens with zero attached hydrogens (tertiary/aromatic N) is 2. The standard InChI is InChI=1S/C11H17N3/c1-7(8-2-3-8)14-11(9-4-5-9)10(12)6-13-14/h6-9H,2-5,12H2,1H3. The van der Waals surface area contributed by atoms with Crippen LogP contribution in [0.4, 0.5) is 5.69 Å². The highest BCUT2D eigenvalue weighted by atomic mass is 15.3. The van der Waals surface area contributed by atoms with E-state index in [9.17, 15) is 0 Å². The van der Waals surface area contributed by atoms with Gasteiger partial charge in [-0.3, -0.25) is 4.68 Å². The average Bonchev–Trinajstić information content (AvgIpc) is 3.04. The number of anilines is 1. The molecule has 0 radical (unpaired) electrons. The Labute approximate surface area is 84.3 Å². The van der Waals surface area contributed by atoms with Gasteiger partial charge in [-0.1, -0.05) is 0 Å². The molecule has 3 nitrogen and oxygen atoms in total. The number of hydrogen-bond acceptors (Lipinski definition) is 2. The molecule has 2 fully saturated rings. The van der Waals surface area contributed by atoms with Crippen molar-refractivity contribution in [1.29, 1.82) is 0 Å².